The Morgan fingerprint density at radius 1 is 1.15 bits per heavy atom. The molecule has 2 aromatic heterocycles. The zero-order valence-electron chi connectivity index (χ0n) is 31.3. The number of aliphatic hydroxyl groups is 1. The lowest BCUT2D eigenvalue weighted by atomic mass is 9.76. The average molecular weight is 722 g/mol. The van der Waals surface area contributed by atoms with Crippen LogP contribution in [-0.4, -0.2) is 97.0 Å². The SMILES string of the molecule is C1CCOCC1.CCOCCN(CO)c1nc(OCC23CCCNC2CCC3)nc(=C\F)/c1=C(\N=C(/C)c1c(C2CC2)c(C)cc2[nH]ncc12)OC. The molecule has 0 radical (unpaired) electrons. The fraction of sp³-hybridized carbons (Fsp3) is 0.641. The van der Waals surface area contributed by atoms with Crippen LogP contribution in [0.15, 0.2) is 17.3 Å². The maximum absolute atomic E-state index is 14.9. The Balaban J connectivity index is 0.000000703. The van der Waals surface area contributed by atoms with Crippen molar-refractivity contribution in [3.05, 3.63) is 39.5 Å². The van der Waals surface area contributed by atoms with Crippen molar-refractivity contribution in [3.8, 4) is 6.01 Å². The van der Waals surface area contributed by atoms with Crippen LogP contribution in [0, 0.1) is 12.3 Å². The predicted molar refractivity (Wildman–Crippen MR) is 201 cm³/mol. The Labute approximate surface area is 305 Å². The van der Waals surface area contributed by atoms with Gasteiger partial charge in [-0.15, -0.1) is 0 Å². The highest BCUT2D eigenvalue weighted by atomic mass is 19.1. The molecule has 3 aromatic rings. The second-order valence-electron chi connectivity index (χ2n) is 14.4. The molecule has 4 aliphatic rings. The molecule has 284 valence electrons. The van der Waals surface area contributed by atoms with Gasteiger partial charge in [-0.05, 0) is 108 Å². The van der Waals surface area contributed by atoms with E-state index in [0.29, 0.717) is 50.4 Å². The summed E-state index contributed by atoms with van der Waals surface area (Å²) in [6.07, 6.45) is 13.9. The first-order valence-corrected chi connectivity index (χ1v) is 19.1. The van der Waals surface area contributed by atoms with E-state index in [1.165, 1.54) is 37.5 Å². The van der Waals surface area contributed by atoms with Crippen molar-refractivity contribution < 1.29 is 28.4 Å². The summed E-state index contributed by atoms with van der Waals surface area (Å²) >= 11 is 0. The third-order valence-electron chi connectivity index (χ3n) is 10.9. The number of methoxy groups -OCH3 is 1. The first kappa shape index (κ1) is 38.1. The Morgan fingerprint density at radius 2 is 1.96 bits per heavy atom. The lowest BCUT2D eigenvalue weighted by molar-refractivity contribution is 0.0794. The van der Waals surface area contributed by atoms with E-state index in [0.717, 1.165) is 81.2 Å². The Bertz CT molecular complexity index is 1800. The number of halogens is 1. The van der Waals surface area contributed by atoms with Crippen molar-refractivity contribution in [3.63, 3.8) is 0 Å². The van der Waals surface area contributed by atoms with E-state index < -0.39 is 6.73 Å². The summed E-state index contributed by atoms with van der Waals surface area (Å²) in [5, 5.41) is 22.7. The van der Waals surface area contributed by atoms with E-state index in [2.05, 4.69) is 33.5 Å². The minimum atomic E-state index is -0.392. The minimum Gasteiger partial charge on any atom is -0.480 e. The van der Waals surface area contributed by atoms with Gasteiger partial charge in [-0.1, -0.05) is 6.42 Å². The van der Waals surface area contributed by atoms with Crippen molar-refractivity contribution in [2.24, 2.45) is 10.4 Å². The molecule has 2 aliphatic carbocycles. The number of aromatic nitrogens is 4. The summed E-state index contributed by atoms with van der Waals surface area (Å²) in [6.45, 7) is 10.2. The van der Waals surface area contributed by atoms with Gasteiger partial charge in [-0.25, -0.2) is 9.38 Å². The summed E-state index contributed by atoms with van der Waals surface area (Å²) in [5.41, 5.74) is 5.04. The van der Waals surface area contributed by atoms with Crippen LogP contribution in [-0.2, 0) is 14.2 Å². The fourth-order valence-electron chi connectivity index (χ4n) is 8.14. The molecule has 7 rings (SSSR count). The van der Waals surface area contributed by atoms with Crippen molar-refractivity contribution >= 4 is 34.6 Å². The Morgan fingerprint density at radius 3 is 2.63 bits per heavy atom. The zero-order chi connectivity index (χ0) is 36.5. The molecule has 3 N–H and O–H groups in total. The van der Waals surface area contributed by atoms with Gasteiger partial charge in [0, 0.05) is 54.5 Å². The highest BCUT2D eigenvalue weighted by molar-refractivity contribution is 6.12. The number of rotatable bonds is 13. The normalized spacial score (nSPS) is 22.8. The number of fused-ring (bicyclic) bond motifs is 2. The average Bonchev–Trinajstić information content (AvgIpc) is 3.75. The topological polar surface area (TPSA) is 139 Å². The van der Waals surface area contributed by atoms with Crippen molar-refractivity contribution in [1.82, 2.24) is 25.5 Å². The molecular weight excluding hydrogens is 665 g/mol. The number of anilines is 1. The third-order valence-corrected chi connectivity index (χ3v) is 10.9. The van der Waals surface area contributed by atoms with E-state index in [1.54, 1.807) is 4.90 Å². The summed E-state index contributed by atoms with van der Waals surface area (Å²) < 4.78 is 37.7. The summed E-state index contributed by atoms with van der Waals surface area (Å²) in [5.74, 6) is 0.841. The van der Waals surface area contributed by atoms with Gasteiger partial charge in [-0.2, -0.15) is 15.1 Å². The predicted octanol–water partition coefficient (Wildman–Crippen LogP) is 4.75. The number of aromatic amines is 1. The molecule has 13 heteroatoms. The monoisotopic (exact) mass is 721 g/mol. The summed E-state index contributed by atoms with van der Waals surface area (Å²) in [4.78, 5) is 15.9. The molecule has 1 aromatic carbocycles. The first-order chi connectivity index (χ1) is 25.4. The molecule has 0 bridgehead atoms. The van der Waals surface area contributed by atoms with Gasteiger partial charge in [0.1, 0.15) is 23.6 Å². The smallest absolute Gasteiger partial charge is 0.319 e. The largest absolute Gasteiger partial charge is 0.480 e. The molecule has 52 heavy (non-hydrogen) atoms. The molecule has 4 fully saturated rings. The number of aliphatic imine (C=N–C) groups is 1. The van der Waals surface area contributed by atoms with Crippen LogP contribution in [0.2, 0.25) is 0 Å². The lowest BCUT2D eigenvalue weighted by Gasteiger charge is -2.39. The fourth-order valence-corrected chi connectivity index (χ4v) is 8.14. The number of aliphatic hydroxyl groups excluding tert-OH is 1. The van der Waals surface area contributed by atoms with Gasteiger partial charge in [0.2, 0.25) is 5.88 Å². The molecule has 12 nitrogen and oxygen atoms in total. The Hall–Kier alpha value is -3.65. The zero-order valence-corrected chi connectivity index (χ0v) is 31.3. The molecule has 2 saturated heterocycles. The first-order valence-electron chi connectivity index (χ1n) is 19.1. The molecule has 2 unspecified atom stereocenters. The quantitative estimate of drug-likeness (QED) is 0.129. The second-order valence-corrected chi connectivity index (χ2v) is 14.4. The lowest BCUT2D eigenvalue weighted by Crippen LogP contribution is -2.49. The van der Waals surface area contributed by atoms with Crippen molar-refractivity contribution in [2.45, 2.75) is 96.9 Å². The number of H-pyrrole nitrogens is 1. The highest BCUT2D eigenvalue weighted by Gasteiger charge is 2.45. The van der Waals surface area contributed by atoms with E-state index in [-0.39, 0.29) is 33.7 Å². The van der Waals surface area contributed by atoms with Gasteiger partial charge in [0.05, 0.1) is 32.0 Å². The van der Waals surface area contributed by atoms with Crippen LogP contribution in [0.25, 0.3) is 23.1 Å². The Kier molecular flexibility index (Phi) is 13.1. The molecule has 2 atom stereocenters. The van der Waals surface area contributed by atoms with E-state index >= 15 is 0 Å². The molecule has 2 aliphatic heterocycles. The number of hydrogen-bond donors (Lipinski definition) is 3. The summed E-state index contributed by atoms with van der Waals surface area (Å²) in [6, 6.07) is 2.57. The number of hydrogen-bond acceptors (Lipinski definition) is 11. The highest BCUT2D eigenvalue weighted by Crippen LogP contribution is 2.46. The summed E-state index contributed by atoms with van der Waals surface area (Å²) in [7, 11) is 1.49. The number of ether oxygens (including phenoxy) is 4. The molecule has 0 amide bonds. The number of benzene rings is 1. The van der Waals surface area contributed by atoms with Gasteiger partial charge < -0.3 is 34.3 Å². The van der Waals surface area contributed by atoms with Crippen LogP contribution >= 0.6 is 0 Å². The third kappa shape index (κ3) is 8.59. The molecule has 0 spiro atoms. The van der Waals surface area contributed by atoms with Crippen molar-refractivity contribution in [2.75, 3.05) is 64.9 Å². The van der Waals surface area contributed by atoms with Crippen LogP contribution in [0.5, 0.6) is 6.01 Å². The molecular formula is C39H56FN7O5. The number of nitrogens with one attached hydrogen (secondary N) is 2. The van der Waals surface area contributed by atoms with Crippen LogP contribution in [0.4, 0.5) is 10.2 Å². The number of aryl methyl sites for hydroxylation is 1. The van der Waals surface area contributed by atoms with E-state index in [1.807, 2.05) is 20.0 Å². The van der Waals surface area contributed by atoms with Gasteiger partial charge in [0.15, 0.2) is 5.82 Å². The number of piperidine rings is 1. The number of nitrogens with zero attached hydrogens (tertiary/aromatic N) is 5. The van der Waals surface area contributed by atoms with E-state index in [9.17, 15) is 9.50 Å². The molecule has 4 heterocycles. The van der Waals surface area contributed by atoms with Crippen molar-refractivity contribution in [1.29, 1.82) is 0 Å². The maximum Gasteiger partial charge on any atom is 0.319 e. The standard InChI is InChI=1S/C34H46FN7O4.C5H10O/c1-5-45-15-14-42(20-43)31-30(26(17-35)39-33(40-31)46-19-34-11-6-8-27(34)36-13-7-12-34)32(44-4)38-22(3)29-24-18-37-41-25(24)16-21(2)28(29)23-9-10-23;1-2-4-6-5-3-1/h16-18,23,27,36,43H,5-15,19-20H2,1-4H3,(H,37,41);1-5H2/b26-17-,32-30-,38-22+;. The second kappa shape index (κ2) is 17.9. The van der Waals surface area contributed by atoms with Crippen LogP contribution in [0.3, 0.4) is 0 Å². The van der Waals surface area contributed by atoms with Crippen LogP contribution in [0.1, 0.15) is 101 Å². The molecule has 2 saturated carbocycles. The van der Waals surface area contributed by atoms with Gasteiger partial charge >= 0.3 is 6.01 Å². The minimum absolute atomic E-state index is 0.00237. The van der Waals surface area contributed by atoms with Gasteiger partial charge in [-0.3, -0.25) is 5.10 Å². The van der Waals surface area contributed by atoms with Crippen LogP contribution < -0.4 is 25.5 Å². The maximum atomic E-state index is 14.9. The van der Waals surface area contributed by atoms with E-state index in [4.69, 9.17) is 28.9 Å². The van der Waals surface area contributed by atoms with Gasteiger partial charge in [0.25, 0.3) is 0 Å².